The molecule has 3 aromatic rings. The number of carbonyl (C=O) groups excluding carboxylic acids is 4. The highest BCUT2D eigenvalue weighted by molar-refractivity contribution is 6.30. The van der Waals surface area contributed by atoms with Gasteiger partial charge in [0, 0.05) is 18.0 Å². The van der Waals surface area contributed by atoms with Crippen LogP contribution in [-0.4, -0.2) is 66.1 Å². The Morgan fingerprint density at radius 3 is 1.83 bits per heavy atom. The van der Waals surface area contributed by atoms with Gasteiger partial charge in [-0.05, 0) is 52.4 Å². The molecule has 0 aromatic heterocycles. The monoisotopic (exact) mass is 774 g/mol. The van der Waals surface area contributed by atoms with Crippen molar-refractivity contribution in [3.63, 3.8) is 0 Å². The molecular weight excluding hydrogens is 738 g/mol. The number of nitrogens with two attached hydrogens (primary N) is 1. The lowest BCUT2D eigenvalue weighted by molar-refractivity contribution is -0.192. The van der Waals surface area contributed by atoms with E-state index in [0.29, 0.717) is 28.4 Å². The van der Waals surface area contributed by atoms with Crippen molar-refractivity contribution in [2.45, 2.75) is 63.7 Å². The molecule has 3 aromatic carbocycles. The molecular formula is C35H37ClF6N4O7. The van der Waals surface area contributed by atoms with E-state index in [4.69, 9.17) is 32.0 Å². The summed E-state index contributed by atoms with van der Waals surface area (Å²) in [4.78, 5) is 61.5. The number of carboxylic acids is 1. The van der Waals surface area contributed by atoms with Crippen LogP contribution in [0.25, 0.3) is 0 Å². The third-order valence-corrected chi connectivity index (χ3v) is 7.61. The molecule has 0 fully saturated rings. The van der Waals surface area contributed by atoms with E-state index in [1.54, 1.807) is 48.5 Å². The van der Waals surface area contributed by atoms with Crippen molar-refractivity contribution in [2.75, 3.05) is 7.11 Å². The Hall–Kier alpha value is -5.16. The van der Waals surface area contributed by atoms with E-state index in [-0.39, 0.29) is 18.4 Å². The molecule has 0 aliphatic heterocycles. The molecule has 53 heavy (non-hydrogen) atoms. The molecule has 3 rings (SSSR count). The number of nitrogens with one attached hydrogen (secondary N) is 3. The van der Waals surface area contributed by atoms with Crippen LogP contribution in [-0.2, 0) is 43.4 Å². The van der Waals surface area contributed by atoms with E-state index >= 15 is 0 Å². The Morgan fingerprint density at radius 2 is 1.36 bits per heavy atom. The minimum absolute atomic E-state index is 0.0254. The van der Waals surface area contributed by atoms with Crippen LogP contribution in [0.15, 0.2) is 72.8 Å². The summed E-state index contributed by atoms with van der Waals surface area (Å²) in [5.74, 6) is -7.72. The summed E-state index contributed by atoms with van der Waals surface area (Å²) < 4.78 is 76.9. The van der Waals surface area contributed by atoms with Gasteiger partial charge in [-0.3, -0.25) is 19.2 Å². The van der Waals surface area contributed by atoms with Crippen LogP contribution in [0.3, 0.4) is 0 Å². The Bertz CT molecular complexity index is 1720. The fourth-order valence-electron chi connectivity index (χ4n) is 4.62. The number of Topliss-reactive ketones (excluding diaryl/α,β-unsaturated/α-hetero) is 1. The first-order chi connectivity index (χ1) is 24.7. The third-order valence-electron chi connectivity index (χ3n) is 7.37. The Kier molecular flexibility index (Phi) is 16.3. The molecule has 0 radical (unpaired) electrons. The number of aliphatic carboxylic acids is 1. The van der Waals surface area contributed by atoms with Gasteiger partial charge in [-0.25, -0.2) is 4.79 Å². The first-order valence-electron chi connectivity index (χ1n) is 15.6. The molecule has 18 heteroatoms. The number of carboxylic acid groups (broad SMARTS) is 1. The van der Waals surface area contributed by atoms with Crippen LogP contribution in [0.4, 0.5) is 26.3 Å². The lowest BCUT2D eigenvalue weighted by atomic mass is 9.97. The van der Waals surface area contributed by atoms with Crippen molar-refractivity contribution in [3.8, 4) is 5.75 Å². The van der Waals surface area contributed by atoms with Crippen molar-refractivity contribution in [1.82, 2.24) is 16.0 Å². The van der Waals surface area contributed by atoms with Crippen LogP contribution in [0, 0.1) is 5.92 Å². The van der Waals surface area contributed by atoms with Crippen molar-refractivity contribution in [3.05, 3.63) is 100 Å². The van der Waals surface area contributed by atoms with Gasteiger partial charge in [-0.15, -0.1) is 0 Å². The lowest BCUT2D eigenvalue weighted by Gasteiger charge is -2.27. The number of ether oxygens (including phenoxy) is 1. The SMILES string of the molecule is COc1ccc([C@H](NC(=O)[C@H](Cc2cccc(Cl)c2)NC(=O)Cc2ccc(CN)cc2)C(=O)N[C@H](C(=O)C(F)(F)F)C(C)C)cc1.O=C(O)C(F)(F)F. The van der Waals surface area contributed by atoms with Crippen LogP contribution >= 0.6 is 11.6 Å². The van der Waals surface area contributed by atoms with E-state index in [1.165, 1.54) is 45.2 Å². The maximum atomic E-state index is 13.8. The molecule has 0 saturated heterocycles. The molecule has 0 bridgehead atoms. The number of hydrogen-bond acceptors (Lipinski definition) is 7. The summed E-state index contributed by atoms with van der Waals surface area (Å²) in [5, 5.41) is 15.0. The average molecular weight is 775 g/mol. The van der Waals surface area contributed by atoms with Gasteiger partial charge >= 0.3 is 18.3 Å². The number of rotatable bonds is 14. The predicted molar refractivity (Wildman–Crippen MR) is 181 cm³/mol. The van der Waals surface area contributed by atoms with Gasteiger partial charge in [0.05, 0.1) is 19.6 Å². The molecule has 6 N–H and O–H groups in total. The van der Waals surface area contributed by atoms with Gasteiger partial charge < -0.3 is 31.5 Å². The molecule has 3 amide bonds. The van der Waals surface area contributed by atoms with Gasteiger partial charge in [-0.2, -0.15) is 26.3 Å². The first-order valence-corrected chi connectivity index (χ1v) is 16.0. The van der Waals surface area contributed by atoms with Gasteiger partial charge in [0.2, 0.25) is 17.7 Å². The summed E-state index contributed by atoms with van der Waals surface area (Å²) in [6, 6.07) is 14.9. The van der Waals surface area contributed by atoms with E-state index in [2.05, 4.69) is 16.0 Å². The van der Waals surface area contributed by atoms with Crippen molar-refractivity contribution >= 4 is 41.1 Å². The zero-order valence-corrected chi connectivity index (χ0v) is 29.2. The van der Waals surface area contributed by atoms with Gasteiger partial charge in [-0.1, -0.05) is 74.0 Å². The van der Waals surface area contributed by atoms with Gasteiger partial charge in [0.1, 0.15) is 17.8 Å². The number of alkyl halides is 6. The zero-order chi connectivity index (χ0) is 40.1. The second-order valence-corrected chi connectivity index (χ2v) is 12.2. The number of carbonyl (C=O) groups is 5. The number of methoxy groups -OCH3 is 1. The molecule has 0 heterocycles. The number of halogens is 7. The van der Waals surface area contributed by atoms with Gasteiger partial charge in [0.25, 0.3) is 5.78 Å². The second kappa shape index (κ2) is 19.6. The molecule has 0 saturated carbocycles. The van der Waals surface area contributed by atoms with Crippen LogP contribution in [0.2, 0.25) is 5.02 Å². The smallest absolute Gasteiger partial charge is 0.490 e. The number of benzene rings is 3. The largest absolute Gasteiger partial charge is 0.497 e. The molecule has 0 spiro atoms. The summed E-state index contributed by atoms with van der Waals surface area (Å²) in [7, 11) is 1.42. The Morgan fingerprint density at radius 1 is 0.792 bits per heavy atom. The van der Waals surface area contributed by atoms with Crippen LogP contribution in [0.1, 0.15) is 42.1 Å². The number of hydrogen-bond donors (Lipinski definition) is 5. The van der Waals surface area contributed by atoms with E-state index in [0.717, 1.165) is 5.56 Å². The molecule has 288 valence electrons. The maximum Gasteiger partial charge on any atom is 0.490 e. The van der Waals surface area contributed by atoms with E-state index < -0.39 is 65.9 Å². The highest BCUT2D eigenvalue weighted by Crippen LogP contribution is 2.24. The fourth-order valence-corrected chi connectivity index (χ4v) is 4.83. The summed E-state index contributed by atoms with van der Waals surface area (Å²) in [5.41, 5.74) is 7.98. The Labute approximate surface area is 305 Å². The Balaban J connectivity index is 0.00000126. The fraction of sp³-hybridized carbons (Fsp3) is 0.343. The molecule has 0 unspecified atom stereocenters. The predicted octanol–water partition coefficient (Wildman–Crippen LogP) is 4.84. The molecule has 3 atom stereocenters. The highest BCUT2D eigenvalue weighted by atomic mass is 35.5. The molecule has 0 aliphatic carbocycles. The van der Waals surface area contributed by atoms with Crippen molar-refractivity contribution in [1.29, 1.82) is 0 Å². The minimum atomic E-state index is -5.20. The topological polar surface area (TPSA) is 177 Å². The third kappa shape index (κ3) is 14.4. The highest BCUT2D eigenvalue weighted by Gasteiger charge is 2.45. The first kappa shape index (κ1) is 44.0. The standard InChI is InChI=1S/C33H36ClF3N4O5.C2HF3O2/c1-19(2)28(30(43)33(35,36)37)40-32(45)29(23-11-13-25(46-3)14-12-23)41-31(44)26(16-22-5-4-6-24(34)15-22)39-27(42)17-20-7-9-21(18-38)10-8-20;3-2(4,5)1(6)7/h4-15,19,26,28-29H,16-18,38H2,1-3H3,(H,39,42)(H,40,45)(H,41,44);(H,6,7)/t26-,28-,29-;/m0./s1. The summed E-state index contributed by atoms with van der Waals surface area (Å²) >= 11 is 6.14. The summed E-state index contributed by atoms with van der Waals surface area (Å²) in [6.45, 7) is 3.05. The van der Waals surface area contributed by atoms with Gasteiger partial charge in [0.15, 0.2) is 0 Å². The molecule has 0 aliphatic rings. The number of amides is 3. The summed E-state index contributed by atoms with van der Waals surface area (Å²) in [6.07, 6.45) is -10.4. The van der Waals surface area contributed by atoms with E-state index in [9.17, 15) is 45.5 Å². The van der Waals surface area contributed by atoms with Crippen molar-refractivity contribution in [2.24, 2.45) is 11.7 Å². The number of ketones is 1. The lowest BCUT2D eigenvalue weighted by Crippen LogP contribution is -2.55. The second-order valence-electron chi connectivity index (χ2n) is 11.8. The van der Waals surface area contributed by atoms with E-state index in [1.807, 2.05) is 0 Å². The minimum Gasteiger partial charge on any atom is -0.497 e. The van der Waals surface area contributed by atoms with Crippen LogP contribution < -0.4 is 26.4 Å². The average Bonchev–Trinajstić information content (AvgIpc) is 3.08. The zero-order valence-electron chi connectivity index (χ0n) is 28.5. The maximum absolute atomic E-state index is 13.8. The quantitative estimate of drug-likeness (QED) is 0.145. The van der Waals surface area contributed by atoms with Crippen molar-refractivity contribution < 1.29 is 60.2 Å². The van der Waals surface area contributed by atoms with Crippen LogP contribution in [0.5, 0.6) is 5.75 Å². The normalized spacial score (nSPS) is 13.1. The molecule has 11 nitrogen and oxygen atoms in total.